The predicted octanol–water partition coefficient (Wildman–Crippen LogP) is 1.06. The fraction of sp³-hybridized carbons (Fsp3) is 0.667. The molecule has 0 bridgehead atoms. The van der Waals surface area contributed by atoms with Gasteiger partial charge in [0, 0.05) is 44.6 Å². The van der Waals surface area contributed by atoms with Crippen LogP contribution in [0.4, 0.5) is 4.39 Å². The van der Waals surface area contributed by atoms with Crippen molar-refractivity contribution in [3.63, 3.8) is 0 Å². The largest absolute Gasteiger partial charge is 0.291 e. The van der Waals surface area contributed by atoms with Crippen LogP contribution >= 0.6 is 11.3 Å². The van der Waals surface area contributed by atoms with E-state index in [1.807, 2.05) is 22.4 Å². The van der Waals surface area contributed by atoms with Crippen molar-refractivity contribution in [2.24, 2.45) is 0 Å². The first-order valence-electron chi connectivity index (χ1n) is 6.47. The topological polar surface area (TPSA) is 52.7 Å². The molecule has 0 aromatic carbocycles. The van der Waals surface area contributed by atoms with E-state index >= 15 is 0 Å². The summed E-state index contributed by atoms with van der Waals surface area (Å²) in [6, 6.07) is 3.90. The summed E-state index contributed by atoms with van der Waals surface area (Å²) in [6.45, 7) is 1.35. The van der Waals surface area contributed by atoms with Crippen molar-refractivity contribution in [3.8, 4) is 0 Å². The maximum atomic E-state index is 13.7. The van der Waals surface area contributed by atoms with Gasteiger partial charge in [0.2, 0.25) is 0 Å². The highest BCUT2D eigenvalue weighted by atomic mass is 32.2. The average Bonchev–Trinajstić information content (AvgIpc) is 3.00. The third kappa shape index (κ3) is 3.76. The summed E-state index contributed by atoms with van der Waals surface area (Å²) in [5.41, 5.74) is 0. The minimum absolute atomic E-state index is 0.0831. The number of likely N-dealkylation sites (tertiary alicyclic amines) is 1. The maximum Gasteiger partial charge on any atom is 0.278 e. The number of alkyl halides is 1. The summed E-state index contributed by atoms with van der Waals surface area (Å²) in [5, 5.41) is 1.99. The van der Waals surface area contributed by atoms with E-state index in [2.05, 4.69) is 4.72 Å². The van der Waals surface area contributed by atoms with E-state index in [0.29, 0.717) is 26.1 Å². The molecule has 5 nitrogen and oxygen atoms in total. The molecule has 1 aromatic rings. The number of nitrogens with zero attached hydrogens (tertiary/aromatic N) is 2. The van der Waals surface area contributed by atoms with Crippen LogP contribution in [0.1, 0.15) is 11.3 Å². The molecule has 8 heteroatoms. The molecule has 2 rings (SSSR count). The summed E-state index contributed by atoms with van der Waals surface area (Å²) in [6.07, 6.45) is -0.500. The standard InChI is InChI=1S/C12H20FN3O2S2/c1-14-20(17,18)15(2)8-11-6-10(13)7-16(11)9-12-4-3-5-19-12/h3-5,10-11,14H,6-9H2,1-2H3/t10-,11-/m0/s1. The van der Waals surface area contributed by atoms with Crippen LogP contribution in [-0.2, 0) is 16.8 Å². The molecule has 1 fully saturated rings. The Hall–Kier alpha value is -0.540. The van der Waals surface area contributed by atoms with Gasteiger partial charge in [-0.3, -0.25) is 4.90 Å². The number of likely N-dealkylation sites (N-methyl/N-ethyl adjacent to an activating group) is 1. The second kappa shape index (κ2) is 6.48. The van der Waals surface area contributed by atoms with Crippen LogP contribution in [0.15, 0.2) is 17.5 Å². The SMILES string of the molecule is CNS(=O)(=O)N(C)C[C@@H]1C[C@H](F)CN1Cc1cccs1. The molecule has 1 N–H and O–H groups in total. The van der Waals surface area contributed by atoms with Crippen LogP contribution in [0.25, 0.3) is 0 Å². The molecule has 1 aromatic heterocycles. The zero-order valence-corrected chi connectivity index (χ0v) is 13.3. The van der Waals surface area contributed by atoms with Gasteiger partial charge in [-0.05, 0) is 17.9 Å². The molecule has 2 heterocycles. The van der Waals surface area contributed by atoms with Crippen LogP contribution in [0.2, 0.25) is 0 Å². The van der Waals surface area contributed by atoms with Gasteiger partial charge in [-0.25, -0.2) is 9.11 Å². The lowest BCUT2D eigenvalue weighted by molar-refractivity contribution is 0.215. The van der Waals surface area contributed by atoms with E-state index < -0.39 is 16.4 Å². The van der Waals surface area contributed by atoms with Crippen molar-refractivity contribution in [2.75, 3.05) is 27.2 Å². The molecule has 114 valence electrons. The Morgan fingerprint density at radius 1 is 1.60 bits per heavy atom. The van der Waals surface area contributed by atoms with E-state index in [-0.39, 0.29) is 6.04 Å². The highest BCUT2D eigenvalue weighted by Crippen LogP contribution is 2.25. The van der Waals surface area contributed by atoms with Crippen molar-refractivity contribution >= 4 is 21.5 Å². The monoisotopic (exact) mass is 321 g/mol. The third-order valence-corrected chi connectivity index (χ3v) is 5.90. The molecule has 1 aliphatic rings. The smallest absolute Gasteiger partial charge is 0.278 e. The first-order chi connectivity index (χ1) is 9.42. The molecular weight excluding hydrogens is 301 g/mol. The van der Waals surface area contributed by atoms with Crippen molar-refractivity contribution in [1.29, 1.82) is 0 Å². The zero-order chi connectivity index (χ0) is 14.8. The Morgan fingerprint density at radius 2 is 2.35 bits per heavy atom. The molecule has 0 radical (unpaired) electrons. The zero-order valence-electron chi connectivity index (χ0n) is 11.6. The summed E-state index contributed by atoms with van der Waals surface area (Å²) >= 11 is 1.63. The van der Waals surface area contributed by atoms with Crippen LogP contribution in [0, 0.1) is 0 Å². The van der Waals surface area contributed by atoms with Gasteiger partial charge in [-0.1, -0.05) is 6.07 Å². The van der Waals surface area contributed by atoms with Crippen molar-refractivity contribution < 1.29 is 12.8 Å². The molecule has 1 aliphatic heterocycles. The minimum Gasteiger partial charge on any atom is -0.291 e. The number of nitrogens with one attached hydrogen (secondary N) is 1. The van der Waals surface area contributed by atoms with Crippen LogP contribution in [0.5, 0.6) is 0 Å². The molecule has 2 atom stereocenters. The van der Waals surface area contributed by atoms with Gasteiger partial charge < -0.3 is 0 Å². The van der Waals surface area contributed by atoms with E-state index in [1.54, 1.807) is 11.3 Å². The van der Waals surface area contributed by atoms with Crippen molar-refractivity contribution in [1.82, 2.24) is 13.9 Å². The number of halogens is 1. The summed E-state index contributed by atoms with van der Waals surface area (Å²) in [4.78, 5) is 3.20. The van der Waals surface area contributed by atoms with Crippen LogP contribution < -0.4 is 4.72 Å². The number of hydrogen-bond acceptors (Lipinski definition) is 4. The Morgan fingerprint density at radius 3 is 2.95 bits per heavy atom. The lowest BCUT2D eigenvalue weighted by Crippen LogP contribution is -2.44. The molecule has 0 unspecified atom stereocenters. The number of rotatable bonds is 6. The summed E-state index contributed by atoms with van der Waals surface area (Å²) < 4.78 is 40.6. The van der Waals surface area contributed by atoms with E-state index in [1.165, 1.54) is 23.3 Å². The minimum atomic E-state index is -3.45. The summed E-state index contributed by atoms with van der Waals surface area (Å²) in [5.74, 6) is 0. The third-order valence-electron chi connectivity index (χ3n) is 3.55. The Balaban J connectivity index is 2.01. The highest BCUT2D eigenvalue weighted by molar-refractivity contribution is 7.87. The molecule has 0 amide bonds. The normalized spacial score (nSPS) is 24.6. The van der Waals surface area contributed by atoms with Crippen molar-refractivity contribution in [3.05, 3.63) is 22.4 Å². The molecule has 0 spiro atoms. The van der Waals surface area contributed by atoms with Gasteiger partial charge in [-0.15, -0.1) is 11.3 Å². The lowest BCUT2D eigenvalue weighted by Gasteiger charge is -2.27. The fourth-order valence-corrected chi connectivity index (χ4v) is 3.87. The predicted molar refractivity (Wildman–Crippen MR) is 78.6 cm³/mol. The number of hydrogen-bond donors (Lipinski definition) is 1. The van der Waals surface area contributed by atoms with E-state index in [4.69, 9.17) is 0 Å². The number of thiophene rings is 1. The highest BCUT2D eigenvalue weighted by Gasteiger charge is 2.34. The fourth-order valence-electron chi connectivity index (χ4n) is 2.46. The van der Waals surface area contributed by atoms with Gasteiger partial charge in [0.05, 0.1) is 0 Å². The summed E-state index contributed by atoms with van der Waals surface area (Å²) in [7, 11) is -0.560. The molecular formula is C12H20FN3O2S2. The Bertz CT molecular complexity index is 521. The van der Waals surface area contributed by atoms with Gasteiger partial charge >= 0.3 is 0 Å². The molecule has 20 heavy (non-hydrogen) atoms. The van der Waals surface area contributed by atoms with Gasteiger partial charge in [0.15, 0.2) is 0 Å². The van der Waals surface area contributed by atoms with Gasteiger partial charge in [0.25, 0.3) is 10.2 Å². The second-order valence-electron chi connectivity index (χ2n) is 4.99. The van der Waals surface area contributed by atoms with E-state index in [9.17, 15) is 12.8 Å². The average molecular weight is 321 g/mol. The first kappa shape index (κ1) is 15.8. The van der Waals surface area contributed by atoms with E-state index in [0.717, 1.165) is 0 Å². The molecule has 0 aliphatic carbocycles. The van der Waals surface area contributed by atoms with Gasteiger partial charge in [0.1, 0.15) is 6.17 Å². The van der Waals surface area contributed by atoms with Crippen LogP contribution in [-0.4, -0.2) is 57.0 Å². The quantitative estimate of drug-likeness (QED) is 0.852. The second-order valence-corrected chi connectivity index (χ2v) is 8.00. The van der Waals surface area contributed by atoms with Gasteiger partial charge in [-0.2, -0.15) is 12.7 Å². The van der Waals surface area contributed by atoms with Crippen molar-refractivity contribution in [2.45, 2.75) is 25.2 Å². The maximum absolute atomic E-state index is 13.7. The molecule has 0 saturated carbocycles. The Labute approximate surface area is 123 Å². The van der Waals surface area contributed by atoms with Crippen LogP contribution in [0.3, 0.4) is 0 Å². The molecule has 1 saturated heterocycles. The first-order valence-corrected chi connectivity index (χ1v) is 8.79. The lowest BCUT2D eigenvalue weighted by atomic mass is 10.2. The Kier molecular flexibility index (Phi) is 5.14.